The van der Waals surface area contributed by atoms with Gasteiger partial charge in [-0.15, -0.1) is 0 Å². The summed E-state index contributed by atoms with van der Waals surface area (Å²) in [6.45, 7) is 1.35. The fourth-order valence-corrected chi connectivity index (χ4v) is 4.73. The summed E-state index contributed by atoms with van der Waals surface area (Å²) in [6, 6.07) is 18.6. The molecule has 0 aliphatic heterocycles. The molecule has 0 aliphatic rings. The molecule has 0 radical (unpaired) electrons. The molecule has 0 saturated heterocycles. The number of carbonyl (C=O) groups excluding carboxylic acids is 2. The van der Waals surface area contributed by atoms with E-state index >= 15 is 0 Å². The van der Waals surface area contributed by atoms with E-state index in [2.05, 4.69) is 5.32 Å². The summed E-state index contributed by atoms with van der Waals surface area (Å²) in [7, 11) is -1.27. The number of amides is 1. The summed E-state index contributed by atoms with van der Waals surface area (Å²) >= 11 is 0. The van der Waals surface area contributed by atoms with E-state index < -0.39 is 28.4 Å². The maximum atomic E-state index is 13.6. The van der Waals surface area contributed by atoms with Gasteiger partial charge in [-0.1, -0.05) is 24.3 Å². The fourth-order valence-electron chi connectivity index (χ4n) is 3.28. The number of sulfonamides is 1. The molecule has 10 heteroatoms. The van der Waals surface area contributed by atoms with Crippen molar-refractivity contribution in [2.45, 2.75) is 11.8 Å². The van der Waals surface area contributed by atoms with Gasteiger partial charge in [-0.25, -0.2) is 13.2 Å². The molecule has 0 unspecified atom stereocenters. The summed E-state index contributed by atoms with van der Waals surface area (Å²) < 4.78 is 43.7. The highest BCUT2D eigenvalue weighted by molar-refractivity contribution is 7.92. The molecule has 1 amide bonds. The minimum atomic E-state index is -4.15. The van der Waals surface area contributed by atoms with Gasteiger partial charge >= 0.3 is 5.97 Å². The third kappa shape index (κ3) is 6.10. The topological polar surface area (TPSA) is 111 Å². The molecular weight excluding hydrogens is 472 g/mol. The van der Waals surface area contributed by atoms with Crippen molar-refractivity contribution in [3.63, 3.8) is 0 Å². The zero-order valence-corrected chi connectivity index (χ0v) is 20.4. The average molecular weight is 499 g/mol. The molecule has 3 aromatic rings. The Hall–Kier alpha value is -4.05. The smallest absolute Gasteiger partial charge is 0.338 e. The number of nitrogens with zero attached hydrogens (tertiary/aromatic N) is 1. The zero-order chi connectivity index (χ0) is 25.4. The van der Waals surface area contributed by atoms with Crippen molar-refractivity contribution in [3.05, 3.63) is 78.4 Å². The first-order valence-corrected chi connectivity index (χ1v) is 12.1. The summed E-state index contributed by atoms with van der Waals surface area (Å²) in [5, 5.41) is 2.64. The van der Waals surface area contributed by atoms with E-state index in [9.17, 15) is 18.0 Å². The molecule has 184 valence electrons. The van der Waals surface area contributed by atoms with Crippen LogP contribution >= 0.6 is 0 Å². The van der Waals surface area contributed by atoms with Crippen LogP contribution in [0.15, 0.2) is 77.7 Å². The lowest BCUT2D eigenvalue weighted by atomic mass is 10.2. The van der Waals surface area contributed by atoms with Crippen LogP contribution in [0.1, 0.15) is 17.3 Å². The van der Waals surface area contributed by atoms with Gasteiger partial charge in [0.1, 0.15) is 18.0 Å². The Kier molecular flexibility index (Phi) is 8.32. The van der Waals surface area contributed by atoms with Crippen molar-refractivity contribution in [1.82, 2.24) is 0 Å². The second-order valence-corrected chi connectivity index (χ2v) is 9.07. The van der Waals surface area contributed by atoms with Crippen molar-refractivity contribution in [3.8, 4) is 11.5 Å². The predicted octanol–water partition coefficient (Wildman–Crippen LogP) is 3.71. The first-order chi connectivity index (χ1) is 16.8. The van der Waals surface area contributed by atoms with E-state index in [-0.39, 0.29) is 28.5 Å². The van der Waals surface area contributed by atoms with Crippen molar-refractivity contribution in [2.24, 2.45) is 0 Å². The van der Waals surface area contributed by atoms with E-state index in [1.54, 1.807) is 49.4 Å². The lowest BCUT2D eigenvalue weighted by molar-refractivity contribution is -0.114. The predicted molar refractivity (Wildman–Crippen MR) is 132 cm³/mol. The normalized spacial score (nSPS) is 10.8. The van der Waals surface area contributed by atoms with Gasteiger partial charge in [-0.2, -0.15) is 0 Å². The molecule has 0 atom stereocenters. The number of methoxy groups -OCH3 is 2. The number of benzene rings is 3. The number of rotatable bonds is 10. The van der Waals surface area contributed by atoms with Gasteiger partial charge in [0, 0.05) is 11.8 Å². The maximum absolute atomic E-state index is 13.6. The summed E-state index contributed by atoms with van der Waals surface area (Å²) in [6.07, 6.45) is 0. The van der Waals surface area contributed by atoms with E-state index in [0.717, 1.165) is 4.31 Å². The van der Waals surface area contributed by atoms with E-state index in [0.29, 0.717) is 11.4 Å². The highest BCUT2D eigenvalue weighted by atomic mass is 32.2. The molecule has 0 bridgehead atoms. The lowest BCUT2D eigenvalue weighted by Gasteiger charge is -2.26. The molecule has 3 aromatic carbocycles. The van der Waals surface area contributed by atoms with Crippen molar-refractivity contribution >= 4 is 33.3 Å². The van der Waals surface area contributed by atoms with Gasteiger partial charge < -0.3 is 19.5 Å². The molecule has 1 N–H and O–H groups in total. The highest BCUT2D eigenvalue weighted by Crippen LogP contribution is 2.35. The molecular formula is C25H26N2O7S. The molecule has 0 aliphatic carbocycles. The molecule has 3 rings (SSSR count). The summed E-state index contributed by atoms with van der Waals surface area (Å²) in [5.74, 6) is -0.480. The fraction of sp³-hybridized carbons (Fsp3) is 0.200. The highest BCUT2D eigenvalue weighted by Gasteiger charge is 2.29. The average Bonchev–Trinajstić information content (AvgIpc) is 2.87. The number of nitrogens with one attached hydrogen (secondary N) is 1. The van der Waals surface area contributed by atoms with Gasteiger partial charge in [0.05, 0.1) is 37.0 Å². The number of hydrogen-bond acceptors (Lipinski definition) is 7. The summed E-state index contributed by atoms with van der Waals surface area (Å²) in [5.41, 5.74) is 0.738. The zero-order valence-electron chi connectivity index (χ0n) is 19.6. The van der Waals surface area contributed by atoms with Gasteiger partial charge in [0.2, 0.25) is 5.91 Å². The number of ether oxygens (including phenoxy) is 3. The number of esters is 1. The Labute approximate surface area is 204 Å². The van der Waals surface area contributed by atoms with Crippen LogP contribution in [0.2, 0.25) is 0 Å². The van der Waals surface area contributed by atoms with Crippen LogP contribution < -0.4 is 19.1 Å². The van der Waals surface area contributed by atoms with Gasteiger partial charge in [-0.3, -0.25) is 9.10 Å². The first-order valence-electron chi connectivity index (χ1n) is 10.7. The van der Waals surface area contributed by atoms with Crippen LogP contribution in [0.5, 0.6) is 11.5 Å². The molecule has 0 fully saturated rings. The monoisotopic (exact) mass is 498 g/mol. The Bertz CT molecular complexity index is 1290. The standard InChI is InChI=1S/C25H26N2O7S/c1-4-34-25(29)18-9-8-10-19(15-18)26-24(28)17-27(35(30,31)21-11-6-5-7-12-21)22-14-13-20(32-2)16-23(22)33-3/h5-16H,4,17H2,1-3H3,(H,26,28). The Morgan fingerprint density at radius 1 is 0.914 bits per heavy atom. The minimum Gasteiger partial charge on any atom is -0.497 e. The second kappa shape index (κ2) is 11.4. The van der Waals surface area contributed by atoms with Crippen LogP contribution in [0, 0.1) is 0 Å². The number of anilines is 2. The maximum Gasteiger partial charge on any atom is 0.338 e. The van der Waals surface area contributed by atoms with Crippen molar-refractivity contribution in [2.75, 3.05) is 37.0 Å². The van der Waals surface area contributed by atoms with Crippen LogP contribution in [-0.4, -0.2) is 47.7 Å². The number of hydrogen-bond donors (Lipinski definition) is 1. The second-order valence-electron chi connectivity index (χ2n) is 7.21. The molecule has 0 spiro atoms. The van der Waals surface area contributed by atoms with Crippen molar-refractivity contribution in [1.29, 1.82) is 0 Å². The molecule has 0 heterocycles. The molecule has 0 aromatic heterocycles. The quantitative estimate of drug-likeness (QED) is 0.424. The minimum absolute atomic E-state index is 0.00924. The molecule has 0 saturated carbocycles. The Balaban J connectivity index is 1.96. The van der Waals surface area contributed by atoms with Crippen LogP contribution in [-0.2, 0) is 19.6 Å². The van der Waals surface area contributed by atoms with Gasteiger partial charge in [0.25, 0.3) is 10.0 Å². The van der Waals surface area contributed by atoms with E-state index in [1.807, 2.05) is 0 Å². The Morgan fingerprint density at radius 2 is 1.66 bits per heavy atom. The largest absolute Gasteiger partial charge is 0.497 e. The van der Waals surface area contributed by atoms with Crippen LogP contribution in [0.3, 0.4) is 0 Å². The first kappa shape index (κ1) is 25.6. The SMILES string of the molecule is CCOC(=O)c1cccc(NC(=O)CN(c2ccc(OC)cc2OC)S(=O)(=O)c2ccccc2)c1. The Morgan fingerprint density at radius 3 is 2.31 bits per heavy atom. The van der Waals surface area contributed by atoms with Crippen molar-refractivity contribution < 1.29 is 32.2 Å². The van der Waals surface area contributed by atoms with Crippen LogP contribution in [0.4, 0.5) is 11.4 Å². The third-order valence-corrected chi connectivity index (χ3v) is 6.71. The van der Waals surface area contributed by atoms with Gasteiger partial charge in [0.15, 0.2) is 0 Å². The third-order valence-electron chi connectivity index (χ3n) is 4.93. The number of carbonyl (C=O) groups is 2. The van der Waals surface area contributed by atoms with Gasteiger partial charge in [-0.05, 0) is 49.4 Å². The van der Waals surface area contributed by atoms with E-state index in [4.69, 9.17) is 14.2 Å². The van der Waals surface area contributed by atoms with Crippen LogP contribution in [0.25, 0.3) is 0 Å². The molecule has 35 heavy (non-hydrogen) atoms. The van der Waals surface area contributed by atoms with E-state index in [1.165, 1.54) is 44.6 Å². The molecule has 9 nitrogen and oxygen atoms in total. The summed E-state index contributed by atoms with van der Waals surface area (Å²) in [4.78, 5) is 25.0. The lowest BCUT2D eigenvalue weighted by Crippen LogP contribution is -2.38.